The number of fused-ring (bicyclic) bond motifs is 1. The van der Waals surface area contributed by atoms with Crippen molar-refractivity contribution in [2.24, 2.45) is 0 Å². The van der Waals surface area contributed by atoms with Crippen molar-refractivity contribution in [1.29, 1.82) is 0 Å². The van der Waals surface area contributed by atoms with Crippen molar-refractivity contribution in [3.8, 4) is 11.5 Å². The molecule has 0 unspecified atom stereocenters. The van der Waals surface area contributed by atoms with Gasteiger partial charge in [-0.2, -0.15) is 0 Å². The number of phenolic OH excluding ortho intramolecular Hbond substituents is 1. The minimum Gasteiger partial charge on any atom is -0.508 e. The number of aromatic nitrogens is 1. The Balaban J connectivity index is 1.55. The standard InChI is InChI=1S/C28H23FN2O5/c1-36-21-10-11-23-22(14-21)18(15-30-23)12-13-31-25(16-4-8-20(32)9-5-16)24(27(34)28(31)35)26(33)17-2-6-19(29)7-3-17/h2-11,14-15,25,30,32-33H,12-13H2,1H3/t25-/m1/s1. The van der Waals surface area contributed by atoms with Gasteiger partial charge in [0.15, 0.2) is 0 Å². The van der Waals surface area contributed by atoms with E-state index in [0.29, 0.717) is 17.7 Å². The Morgan fingerprint density at radius 2 is 1.78 bits per heavy atom. The Hall–Kier alpha value is -4.59. The first-order valence-corrected chi connectivity index (χ1v) is 11.3. The number of methoxy groups -OCH3 is 1. The molecule has 0 aliphatic carbocycles. The second-order valence-corrected chi connectivity index (χ2v) is 8.57. The van der Waals surface area contributed by atoms with Crippen molar-refractivity contribution in [3.05, 3.63) is 101 Å². The molecular weight excluding hydrogens is 463 g/mol. The van der Waals surface area contributed by atoms with Crippen molar-refractivity contribution < 1.29 is 28.9 Å². The Labute approximate surface area is 206 Å². The number of ketones is 1. The van der Waals surface area contributed by atoms with Gasteiger partial charge in [0, 0.05) is 29.2 Å². The van der Waals surface area contributed by atoms with Crippen molar-refractivity contribution >= 4 is 28.4 Å². The quantitative estimate of drug-likeness (QED) is 0.209. The number of Topliss-reactive ketones (excluding diaryl/α,β-unsaturated/α-hetero) is 1. The number of aromatic hydroxyl groups is 1. The summed E-state index contributed by atoms with van der Waals surface area (Å²) in [5.41, 5.74) is 2.55. The van der Waals surface area contributed by atoms with Crippen LogP contribution in [-0.2, 0) is 16.0 Å². The molecule has 1 saturated heterocycles. The van der Waals surface area contributed by atoms with Gasteiger partial charge >= 0.3 is 0 Å². The minimum absolute atomic E-state index is 0.0296. The van der Waals surface area contributed by atoms with Gasteiger partial charge in [0.05, 0.1) is 18.7 Å². The highest BCUT2D eigenvalue weighted by molar-refractivity contribution is 6.46. The maximum Gasteiger partial charge on any atom is 0.295 e. The van der Waals surface area contributed by atoms with Crippen LogP contribution < -0.4 is 4.74 Å². The van der Waals surface area contributed by atoms with Gasteiger partial charge < -0.3 is 24.8 Å². The number of phenols is 1. The number of H-pyrrole nitrogens is 1. The normalized spacial score (nSPS) is 17.2. The molecule has 0 radical (unpaired) electrons. The number of ether oxygens (including phenoxy) is 1. The largest absolute Gasteiger partial charge is 0.508 e. The number of likely N-dealkylation sites (tertiary alicyclic amines) is 1. The number of carbonyl (C=O) groups is 2. The van der Waals surface area contributed by atoms with Crippen LogP contribution in [0.4, 0.5) is 4.39 Å². The Morgan fingerprint density at radius 1 is 1.06 bits per heavy atom. The molecule has 1 aromatic heterocycles. The molecule has 7 nitrogen and oxygen atoms in total. The zero-order chi connectivity index (χ0) is 25.4. The molecule has 0 saturated carbocycles. The highest BCUT2D eigenvalue weighted by Crippen LogP contribution is 2.40. The molecule has 3 N–H and O–H groups in total. The van der Waals surface area contributed by atoms with Crippen molar-refractivity contribution in [3.63, 3.8) is 0 Å². The zero-order valence-corrected chi connectivity index (χ0v) is 19.4. The summed E-state index contributed by atoms with van der Waals surface area (Å²) < 4.78 is 18.8. The summed E-state index contributed by atoms with van der Waals surface area (Å²) in [5, 5.41) is 21.7. The van der Waals surface area contributed by atoms with E-state index in [4.69, 9.17) is 4.74 Å². The predicted octanol–water partition coefficient (Wildman–Crippen LogP) is 4.69. The van der Waals surface area contributed by atoms with Crippen LogP contribution in [0.3, 0.4) is 0 Å². The molecule has 3 aromatic carbocycles. The molecule has 1 atom stereocenters. The highest BCUT2D eigenvalue weighted by atomic mass is 19.1. The molecule has 1 aliphatic rings. The number of amides is 1. The van der Waals surface area contributed by atoms with E-state index in [2.05, 4.69) is 4.98 Å². The second-order valence-electron chi connectivity index (χ2n) is 8.57. The van der Waals surface area contributed by atoms with E-state index < -0.39 is 23.5 Å². The van der Waals surface area contributed by atoms with E-state index in [1.165, 1.54) is 41.3 Å². The van der Waals surface area contributed by atoms with Crippen LogP contribution in [0.25, 0.3) is 16.7 Å². The van der Waals surface area contributed by atoms with Crippen LogP contribution in [0.5, 0.6) is 11.5 Å². The van der Waals surface area contributed by atoms with Gasteiger partial charge in [-0.15, -0.1) is 0 Å². The van der Waals surface area contributed by atoms with Gasteiger partial charge in [0.1, 0.15) is 23.1 Å². The van der Waals surface area contributed by atoms with Gasteiger partial charge in [0.2, 0.25) is 0 Å². The number of hydrogen-bond acceptors (Lipinski definition) is 5. The van der Waals surface area contributed by atoms with Gasteiger partial charge in [-0.05, 0) is 72.1 Å². The number of nitrogens with zero attached hydrogens (tertiary/aromatic N) is 1. The van der Waals surface area contributed by atoms with Crippen LogP contribution in [0.1, 0.15) is 22.7 Å². The smallest absolute Gasteiger partial charge is 0.295 e. The monoisotopic (exact) mass is 486 g/mol. The molecule has 1 fully saturated rings. The molecule has 2 heterocycles. The minimum atomic E-state index is -0.879. The highest BCUT2D eigenvalue weighted by Gasteiger charge is 2.45. The summed E-state index contributed by atoms with van der Waals surface area (Å²) in [6, 6.07) is 16.0. The molecule has 36 heavy (non-hydrogen) atoms. The predicted molar refractivity (Wildman–Crippen MR) is 132 cm³/mol. The lowest BCUT2D eigenvalue weighted by molar-refractivity contribution is -0.139. The van der Waals surface area contributed by atoms with E-state index in [0.717, 1.165) is 16.5 Å². The Bertz CT molecular complexity index is 1490. The Kier molecular flexibility index (Phi) is 5.93. The lowest BCUT2D eigenvalue weighted by Crippen LogP contribution is -2.31. The fourth-order valence-corrected chi connectivity index (χ4v) is 4.61. The van der Waals surface area contributed by atoms with Crippen molar-refractivity contribution in [1.82, 2.24) is 9.88 Å². The third-order valence-corrected chi connectivity index (χ3v) is 6.46. The summed E-state index contributed by atoms with van der Waals surface area (Å²) in [6.07, 6.45) is 2.29. The average Bonchev–Trinajstić information content (AvgIpc) is 3.40. The molecule has 0 spiro atoms. The van der Waals surface area contributed by atoms with E-state index in [1.54, 1.807) is 19.2 Å². The van der Waals surface area contributed by atoms with E-state index in [-0.39, 0.29) is 29.2 Å². The van der Waals surface area contributed by atoms with Crippen molar-refractivity contribution in [2.75, 3.05) is 13.7 Å². The van der Waals surface area contributed by atoms with Crippen LogP contribution >= 0.6 is 0 Å². The van der Waals surface area contributed by atoms with E-state index >= 15 is 0 Å². The lowest BCUT2D eigenvalue weighted by Gasteiger charge is -2.25. The van der Waals surface area contributed by atoms with Crippen molar-refractivity contribution in [2.45, 2.75) is 12.5 Å². The molecular formula is C28H23FN2O5. The molecule has 182 valence electrons. The van der Waals surface area contributed by atoms with Gasteiger partial charge in [0.25, 0.3) is 11.7 Å². The number of hydrogen-bond donors (Lipinski definition) is 3. The number of benzene rings is 3. The van der Waals surface area contributed by atoms with Gasteiger partial charge in [-0.1, -0.05) is 12.1 Å². The maximum absolute atomic E-state index is 13.4. The SMILES string of the molecule is COc1ccc2[nH]cc(CCN3C(=O)C(=O)C(=C(O)c4ccc(F)cc4)[C@H]3c3ccc(O)cc3)c2c1. The number of aliphatic hydroxyl groups excluding tert-OH is 1. The van der Waals surface area contributed by atoms with Crippen LogP contribution in [0, 0.1) is 5.82 Å². The Morgan fingerprint density at radius 3 is 2.47 bits per heavy atom. The molecule has 1 amide bonds. The first-order chi connectivity index (χ1) is 17.4. The van der Waals surface area contributed by atoms with Gasteiger partial charge in [-0.3, -0.25) is 9.59 Å². The summed E-state index contributed by atoms with van der Waals surface area (Å²) >= 11 is 0. The number of aromatic amines is 1. The van der Waals surface area contributed by atoms with Gasteiger partial charge in [-0.25, -0.2) is 4.39 Å². The average molecular weight is 486 g/mol. The number of carbonyl (C=O) groups excluding carboxylic acids is 2. The molecule has 5 rings (SSSR count). The number of nitrogens with one attached hydrogen (secondary N) is 1. The third-order valence-electron chi connectivity index (χ3n) is 6.46. The zero-order valence-electron chi connectivity index (χ0n) is 19.4. The fraction of sp³-hybridized carbons (Fsp3) is 0.143. The van der Waals surface area contributed by atoms with Crippen LogP contribution in [0.2, 0.25) is 0 Å². The lowest BCUT2D eigenvalue weighted by atomic mass is 9.95. The second kappa shape index (κ2) is 9.22. The topological polar surface area (TPSA) is 103 Å². The fourth-order valence-electron chi connectivity index (χ4n) is 4.61. The molecule has 0 bridgehead atoms. The summed E-state index contributed by atoms with van der Waals surface area (Å²) in [4.78, 5) is 30.9. The number of halogens is 1. The molecule has 4 aromatic rings. The summed E-state index contributed by atoms with van der Waals surface area (Å²) in [5.74, 6) is -1.71. The molecule has 1 aliphatic heterocycles. The van der Waals surface area contributed by atoms with E-state index in [9.17, 15) is 24.2 Å². The first-order valence-electron chi connectivity index (χ1n) is 11.3. The maximum atomic E-state index is 13.4. The first kappa shape index (κ1) is 23.2. The van der Waals surface area contributed by atoms with Crippen LogP contribution in [-0.4, -0.2) is 45.4 Å². The third kappa shape index (κ3) is 4.07. The van der Waals surface area contributed by atoms with Crippen LogP contribution in [0.15, 0.2) is 78.5 Å². The number of rotatable bonds is 6. The van der Waals surface area contributed by atoms with E-state index in [1.807, 2.05) is 24.4 Å². The summed E-state index contributed by atoms with van der Waals surface area (Å²) in [6.45, 7) is 0.195. The molecule has 8 heteroatoms. The summed E-state index contributed by atoms with van der Waals surface area (Å²) in [7, 11) is 1.59. The number of aliphatic hydroxyl groups is 1.